The first kappa shape index (κ1) is 21.2. The van der Waals surface area contributed by atoms with Crippen LogP contribution in [-0.4, -0.2) is 46.6 Å². The molecule has 4 rings (SSSR count). The van der Waals surface area contributed by atoms with Gasteiger partial charge in [0.05, 0.1) is 28.7 Å². The Labute approximate surface area is 178 Å². The zero-order chi connectivity index (χ0) is 22.3. The number of aryl methyl sites for hydroxylation is 1. The first-order valence-corrected chi connectivity index (χ1v) is 11.9. The number of H-pyrrole nitrogens is 1. The van der Waals surface area contributed by atoms with Crippen LogP contribution < -0.4 is 5.56 Å². The molecular formula is C21H23FN4O4S. The summed E-state index contributed by atoms with van der Waals surface area (Å²) in [5.41, 5.74) is 0.898. The zero-order valence-electron chi connectivity index (χ0n) is 17.3. The molecule has 0 radical (unpaired) electrons. The summed E-state index contributed by atoms with van der Waals surface area (Å²) in [4.78, 5) is 31.4. The Morgan fingerprint density at radius 2 is 1.97 bits per heavy atom. The van der Waals surface area contributed by atoms with Gasteiger partial charge in [-0.05, 0) is 43.9 Å². The molecule has 1 aromatic carbocycles. The second kappa shape index (κ2) is 7.92. The van der Waals surface area contributed by atoms with Gasteiger partial charge < -0.3 is 4.90 Å². The summed E-state index contributed by atoms with van der Waals surface area (Å²) in [5, 5.41) is 2.92. The van der Waals surface area contributed by atoms with Crippen LogP contribution in [0.3, 0.4) is 0 Å². The second-order valence-corrected chi connectivity index (χ2v) is 9.93. The summed E-state index contributed by atoms with van der Waals surface area (Å²) in [6.45, 7) is 2.00. The van der Waals surface area contributed by atoms with Gasteiger partial charge in [-0.3, -0.25) is 14.7 Å². The van der Waals surface area contributed by atoms with Crippen molar-refractivity contribution in [2.24, 2.45) is 0 Å². The number of halogens is 1. The molecule has 164 valence electrons. The smallest absolute Gasteiger partial charge is 0.308 e. The Balaban J connectivity index is 1.60. The molecule has 1 atom stereocenters. The van der Waals surface area contributed by atoms with Gasteiger partial charge in [0, 0.05) is 18.9 Å². The predicted octanol–water partition coefficient (Wildman–Crippen LogP) is 2.17. The van der Waals surface area contributed by atoms with Crippen molar-refractivity contribution >= 4 is 21.4 Å². The fraction of sp³-hybridized carbons (Fsp3) is 0.381. The highest BCUT2D eigenvalue weighted by Crippen LogP contribution is 2.31. The first-order valence-electron chi connectivity index (χ1n) is 10.0. The number of likely N-dealkylation sites (tertiary alicyclic amines) is 1. The van der Waals surface area contributed by atoms with E-state index in [-0.39, 0.29) is 29.0 Å². The van der Waals surface area contributed by atoms with E-state index in [1.54, 1.807) is 23.1 Å². The molecule has 1 unspecified atom stereocenters. The number of nitrogens with zero attached hydrogens (tertiary/aromatic N) is 3. The standard InChI is InChI=1S/C21H23FN4O4S/c1-13-20(22)21(28)26-18(23-13)12-16(24-26)17-5-3-4-10-25(17)19(27)11-14-6-8-15(9-7-14)31(2,29)30/h6-9,12,17,24H,3-5,10-11H2,1-2H3. The molecule has 31 heavy (non-hydrogen) atoms. The normalized spacial score (nSPS) is 17.3. The van der Waals surface area contributed by atoms with Crippen molar-refractivity contribution in [1.29, 1.82) is 0 Å². The number of rotatable bonds is 4. The van der Waals surface area contributed by atoms with Crippen LogP contribution in [0.2, 0.25) is 0 Å². The van der Waals surface area contributed by atoms with Gasteiger partial charge in [-0.15, -0.1) is 0 Å². The fourth-order valence-electron chi connectivity index (χ4n) is 3.99. The molecule has 1 N–H and O–H groups in total. The first-order chi connectivity index (χ1) is 14.6. The molecule has 8 nitrogen and oxygen atoms in total. The fourth-order valence-corrected chi connectivity index (χ4v) is 4.62. The molecule has 2 aromatic heterocycles. The maximum Gasteiger partial charge on any atom is 0.308 e. The number of aromatic nitrogens is 3. The number of fused-ring (bicyclic) bond motifs is 1. The zero-order valence-corrected chi connectivity index (χ0v) is 18.1. The molecule has 0 aliphatic carbocycles. The molecule has 1 aliphatic heterocycles. The molecule has 3 aromatic rings. The Hall–Kier alpha value is -3.01. The topological polar surface area (TPSA) is 105 Å². The largest absolute Gasteiger partial charge is 0.334 e. The monoisotopic (exact) mass is 446 g/mol. The average Bonchev–Trinajstić information content (AvgIpc) is 3.16. The lowest BCUT2D eigenvalue weighted by Crippen LogP contribution is -2.39. The SMILES string of the molecule is Cc1nc2cc(C3CCCCN3C(=O)Cc3ccc(S(C)(=O)=O)cc3)[nH]n2c(=O)c1F. The van der Waals surface area contributed by atoms with Gasteiger partial charge in [-0.1, -0.05) is 12.1 Å². The van der Waals surface area contributed by atoms with E-state index in [2.05, 4.69) is 10.1 Å². The molecule has 3 heterocycles. The Kier molecular flexibility index (Phi) is 5.42. The molecule has 1 fully saturated rings. The minimum Gasteiger partial charge on any atom is -0.334 e. The quantitative estimate of drug-likeness (QED) is 0.661. The number of benzene rings is 1. The van der Waals surface area contributed by atoms with Gasteiger partial charge in [-0.25, -0.2) is 13.4 Å². The van der Waals surface area contributed by atoms with Crippen molar-refractivity contribution in [2.75, 3.05) is 12.8 Å². The Morgan fingerprint density at radius 3 is 2.65 bits per heavy atom. The Bertz CT molecular complexity index is 1310. The maximum absolute atomic E-state index is 13.9. The number of carbonyl (C=O) groups excluding carboxylic acids is 1. The van der Waals surface area contributed by atoms with Crippen LogP contribution in [0, 0.1) is 12.7 Å². The highest BCUT2D eigenvalue weighted by atomic mass is 32.2. The Morgan fingerprint density at radius 1 is 1.26 bits per heavy atom. The number of sulfone groups is 1. The van der Waals surface area contributed by atoms with Crippen molar-refractivity contribution in [3.8, 4) is 0 Å². The third-order valence-corrected chi connectivity index (χ3v) is 6.76. The van der Waals surface area contributed by atoms with Gasteiger partial charge in [0.2, 0.25) is 11.7 Å². The van der Waals surface area contributed by atoms with Crippen molar-refractivity contribution < 1.29 is 17.6 Å². The highest BCUT2D eigenvalue weighted by Gasteiger charge is 2.30. The number of hydrogen-bond acceptors (Lipinski definition) is 5. The summed E-state index contributed by atoms with van der Waals surface area (Å²) >= 11 is 0. The number of amides is 1. The summed E-state index contributed by atoms with van der Waals surface area (Å²) in [6.07, 6.45) is 3.76. The summed E-state index contributed by atoms with van der Waals surface area (Å²) in [5.74, 6) is -1.00. The van der Waals surface area contributed by atoms with E-state index in [0.717, 1.165) is 23.6 Å². The van der Waals surface area contributed by atoms with Crippen LogP contribution in [0.1, 0.15) is 42.3 Å². The maximum atomic E-state index is 13.9. The molecule has 1 amide bonds. The third-order valence-electron chi connectivity index (χ3n) is 5.63. The van der Waals surface area contributed by atoms with Crippen LogP contribution in [0.5, 0.6) is 0 Å². The van der Waals surface area contributed by atoms with Gasteiger partial charge in [0.1, 0.15) is 0 Å². The van der Waals surface area contributed by atoms with Gasteiger partial charge in [-0.2, -0.15) is 8.91 Å². The average molecular weight is 447 g/mol. The second-order valence-electron chi connectivity index (χ2n) is 7.91. The third kappa shape index (κ3) is 4.12. The van der Waals surface area contributed by atoms with Crippen LogP contribution in [0.25, 0.3) is 5.65 Å². The lowest BCUT2D eigenvalue weighted by molar-refractivity contribution is -0.134. The van der Waals surface area contributed by atoms with Gasteiger partial charge >= 0.3 is 5.56 Å². The lowest BCUT2D eigenvalue weighted by Gasteiger charge is -2.35. The minimum absolute atomic E-state index is 0.0321. The van der Waals surface area contributed by atoms with Crippen molar-refractivity contribution in [3.63, 3.8) is 0 Å². The van der Waals surface area contributed by atoms with Gasteiger partial charge in [0.15, 0.2) is 15.5 Å². The summed E-state index contributed by atoms with van der Waals surface area (Å²) < 4.78 is 38.3. The van der Waals surface area contributed by atoms with E-state index in [4.69, 9.17) is 0 Å². The summed E-state index contributed by atoms with van der Waals surface area (Å²) in [7, 11) is -3.30. The number of nitrogens with one attached hydrogen (secondary N) is 1. The lowest BCUT2D eigenvalue weighted by atomic mass is 9.98. The van der Waals surface area contributed by atoms with E-state index < -0.39 is 21.2 Å². The highest BCUT2D eigenvalue weighted by molar-refractivity contribution is 7.90. The van der Waals surface area contributed by atoms with E-state index in [0.29, 0.717) is 29.9 Å². The van der Waals surface area contributed by atoms with E-state index in [9.17, 15) is 22.4 Å². The van der Waals surface area contributed by atoms with Gasteiger partial charge in [0.25, 0.3) is 0 Å². The molecular weight excluding hydrogens is 423 g/mol. The van der Waals surface area contributed by atoms with E-state index >= 15 is 0 Å². The number of aromatic amines is 1. The van der Waals surface area contributed by atoms with Crippen LogP contribution in [-0.2, 0) is 21.1 Å². The predicted molar refractivity (Wildman–Crippen MR) is 112 cm³/mol. The molecule has 0 saturated carbocycles. The summed E-state index contributed by atoms with van der Waals surface area (Å²) in [6, 6.07) is 7.69. The molecule has 1 aliphatic rings. The van der Waals surface area contributed by atoms with Crippen molar-refractivity contribution in [2.45, 2.75) is 43.5 Å². The van der Waals surface area contributed by atoms with Crippen LogP contribution in [0.15, 0.2) is 40.0 Å². The molecule has 10 heteroatoms. The molecule has 0 bridgehead atoms. The van der Waals surface area contributed by atoms with E-state index in [1.165, 1.54) is 19.1 Å². The number of hydrogen-bond donors (Lipinski definition) is 1. The van der Waals surface area contributed by atoms with E-state index in [1.807, 2.05) is 0 Å². The van der Waals surface area contributed by atoms with Crippen molar-refractivity contribution in [1.82, 2.24) is 19.5 Å². The van der Waals surface area contributed by atoms with Crippen LogP contribution in [0.4, 0.5) is 4.39 Å². The molecule has 0 spiro atoms. The minimum atomic E-state index is -3.30. The molecule has 1 saturated heterocycles. The number of carbonyl (C=O) groups is 1. The van der Waals surface area contributed by atoms with Crippen molar-refractivity contribution in [3.05, 3.63) is 63.5 Å². The number of piperidine rings is 1. The van der Waals surface area contributed by atoms with Crippen LogP contribution >= 0.6 is 0 Å².